The Hall–Kier alpha value is -1.29. The van der Waals surface area contributed by atoms with Crippen LogP contribution < -0.4 is 0 Å². The van der Waals surface area contributed by atoms with Crippen molar-refractivity contribution in [3.63, 3.8) is 0 Å². The molecule has 1 N–H and O–H groups in total. The summed E-state index contributed by atoms with van der Waals surface area (Å²) in [4.78, 5) is 13.0. The molecule has 1 aliphatic rings. The molecule has 1 unspecified atom stereocenters. The summed E-state index contributed by atoms with van der Waals surface area (Å²) in [6.45, 7) is 1.94. The van der Waals surface area contributed by atoms with Gasteiger partial charge < -0.3 is 9.52 Å². The van der Waals surface area contributed by atoms with E-state index in [-0.39, 0.29) is 12.5 Å². The summed E-state index contributed by atoms with van der Waals surface area (Å²) in [6, 6.07) is 3.56. The Morgan fingerprint density at radius 2 is 2.27 bits per heavy atom. The second kappa shape index (κ2) is 4.49. The Kier molecular flexibility index (Phi) is 3.06. The van der Waals surface area contributed by atoms with Crippen molar-refractivity contribution in [3.8, 4) is 0 Å². The molecule has 1 aromatic heterocycles. The van der Waals surface area contributed by atoms with Crippen LogP contribution in [0, 0.1) is 0 Å². The van der Waals surface area contributed by atoms with E-state index in [9.17, 15) is 4.79 Å². The SMILES string of the molecule is O=C(O)CC(c1ccco1)N1CCCC1. The van der Waals surface area contributed by atoms with Gasteiger partial charge in [0.2, 0.25) is 0 Å². The molecule has 0 bridgehead atoms. The normalized spacial score (nSPS) is 19.2. The molecule has 0 aliphatic carbocycles. The Morgan fingerprint density at radius 1 is 1.53 bits per heavy atom. The number of hydrogen-bond donors (Lipinski definition) is 1. The molecule has 1 saturated heterocycles. The van der Waals surface area contributed by atoms with E-state index >= 15 is 0 Å². The maximum atomic E-state index is 10.8. The number of rotatable bonds is 4. The van der Waals surface area contributed by atoms with E-state index in [1.165, 1.54) is 0 Å². The topological polar surface area (TPSA) is 53.7 Å². The number of likely N-dealkylation sites (tertiary alicyclic amines) is 1. The molecule has 2 heterocycles. The average Bonchev–Trinajstić information content (AvgIpc) is 2.87. The van der Waals surface area contributed by atoms with Crippen molar-refractivity contribution in [2.24, 2.45) is 0 Å². The lowest BCUT2D eigenvalue weighted by molar-refractivity contribution is -0.138. The molecule has 1 aromatic rings. The molecule has 0 radical (unpaired) electrons. The predicted molar refractivity (Wildman–Crippen MR) is 54.5 cm³/mol. The van der Waals surface area contributed by atoms with Crippen molar-refractivity contribution in [2.45, 2.75) is 25.3 Å². The van der Waals surface area contributed by atoms with Gasteiger partial charge in [0.15, 0.2) is 0 Å². The molecule has 2 rings (SSSR count). The van der Waals surface area contributed by atoms with Crippen molar-refractivity contribution >= 4 is 5.97 Å². The average molecular weight is 209 g/mol. The first-order valence-corrected chi connectivity index (χ1v) is 5.26. The van der Waals surface area contributed by atoms with Gasteiger partial charge in [-0.3, -0.25) is 9.69 Å². The van der Waals surface area contributed by atoms with Crippen molar-refractivity contribution in [3.05, 3.63) is 24.2 Å². The fourth-order valence-electron chi connectivity index (χ4n) is 2.11. The van der Waals surface area contributed by atoms with Crippen molar-refractivity contribution in [1.82, 2.24) is 4.90 Å². The molecule has 15 heavy (non-hydrogen) atoms. The minimum atomic E-state index is -0.775. The van der Waals surface area contributed by atoms with Crippen LogP contribution in [-0.2, 0) is 4.79 Å². The molecule has 4 heteroatoms. The molecule has 0 spiro atoms. The Bertz CT molecular complexity index is 315. The number of furan rings is 1. The largest absolute Gasteiger partial charge is 0.481 e. The van der Waals surface area contributed by atoms with Crippen LogP contribution in [0.1, 0.15) is 31.1 Å². The van der Waals surface area contributed by atoms with Gasteiger partial charge in [-0.1, -0.05) is 0 Å². The highest BCUT2D eigenvalue weighted by atomic mass is 16.4. The van der Waals surface area contributed by atoms with Gasteiger partial charge in [-0.15, -0.1) is 0 Å². The number of aliphatic carboxylic acids is 1. The molecule has 1 atom stereocenters. The van der Waals surface area contributed by atoms with E-state index in [4.69, 9.17) is 9.52 Å². The molecule has 1 fully saturated rings. The van der Waals surface area contributed by atoms with E-state index in [2.05, 4.69) is 4.90 Å². The van der Waals surface area contributed by atoms with Crippen LogP contribution in [-0.4, -0.2) is 29.1 Å². The summed E-state index contributed by atoms with van der Waals surface area (Å²) in [7, 11) is 0. The highest BCUT2D eigenvalue weighted by Crippen LogP contribution is 2.28. The summed E-state index contributed by atoms with van der Waals surface area (Å²) >= 11 is 0. The van der Waals surface area contributed by atoms with Gasteiger partial charge in [0, 0.05) is 0 Å². The summed E-state index contributed by atoms with van der Waals surface area (Å²) in [5.74, 6) is -0.0115. The summed E-state index contributed by atoms with van der Waals surface area (Å²) < 4.78 is 5.30. The minimum absolute atomic E-state index is 0.0972. The molecule has 0 aromatic carbocycles. The number of nitrogens with zero attached hydrogens (tertiary/aromatic N) is 1. The maximum Gasteiger partial charge on any atom is 0.305 e. The Morgan fingerprint density at radius 3 is 2.80 bits per heavy atom. The smallest absolute Gasteiger partial charge is 0.305 e. The van der Waals surface area contributed by atoms with Crippen LogP contribution >= 0.6 is 0 Å². The number of carbonyl (C=O) groups is 1. The van der Waals surface area contributed by atoms with E-state index in [0.29, 0.717) is 0 Å². The van der Waals surface area contributed by atoms with Gasteiger partial charge in [-0.25, -0.2) is 0 Å². The van der Waals surface area contributed by atoms with Crippen LogP contribution in [0.4, 0.5) is 0 Å². The quantitative estimate of drug-likeness (QED) is 0.822. The second-order valence-electron chi connectivity index (χ2n) is 3.87. The van der Waals surface area contributed by atoms with Crippen LogP contribution in [0.15, 0.2) is 22.8 Å². The molecule has 0 saturated carbocycles. The van der Waals surface area contributed by atoms with Crippen molar-refractivity contribution < 1.29 is 14.3 Å². The summed E-state index contributed by atoms with van der Waals surface area (Å²) in [5.41, 5.74) is 0. The molecule has 82 valence electrons. The van der Waals surface area contributed by atoms with Crippen LogP contribution in [0.2, 0.25) is 0 Å². The van der Waals surface area contributed by atoms with E-state index in [0.717, 1.165) is 31.7 Å². The zero-order valence-electron chi connectivity index (χ0n) is 8.56. The number of carboxylic acid groups (broad SMARTS) is 1. The van der Waals surface area contributed by atoms with Gasteiger partial charge in [-0.2, -0.15) is 0 Å². The van der Waals surface area contributed by atoms with Gasteiger partial charge in [0.1, 0.15) is 5.76 Å². The Balaban J connectivity index is 2.12. The Labute approximate surface area is 88.5 Å². The fraction of sp³-hybridized carbons (Fsp3) is 0.545. The highest BCUT2D eigenvalue weighted by Gasteiger charge is 2.27. The standard InChI is InChI=1S/C11H15NO3/c13-11(14)8-9(10-4-3-7-15-10)12-5-1-2-6-12/h3-4,7,9H,1-2,5-6,8H2,(H,13,14). The summed E-state index contributed by atoms with van der Waals surface area (Å²) in [6.07, 6.45) is 4.02. The van der Waals surface area contributed by atoms with E-state index in [1.807, 2.05) is 6.07 Å². The van der Waals surface area contributed by atoms with Crippen molar-refractivity contribution in [2.75, 3.05) is 13.1 Å². The zero-order valence-corrected chi connectivity index (χ0v) is 8.56. The van der Waals surface area contributed by atoms with Crippen LogP contribution in [0.25, 0.3) is 0 Å². The molecule has 0 amide bonds. The van der Waals surface area contributed by atoms with Crippen LogP contribution in [0.3, 0.4) is 0 Å². The lowest BCUT2D eigenvalue weighted by Crippen LogP contribution is -2.27. The molecule has 4 nitrogen and oxygen atoms in total. The lowest BCUT2D eigenvalue weighted by Gasteiger charge is -2.24. The van der Waals surface area contributed by atoms with E-state index in [1.54, 1.807) is 12.3 Å². The first-order valence-electron chi connectivity index (χ1n) is 5.26. The zero-order chi connectivity index (χ0) is 10.7. The lowest BCUT2D eigenvalue weighted by atomic mass is 10.1. The number of hydrogen-bond acceptors (Lipinski definition) is 3. The minimum Gasteiger partial charge on any atom is -0.481 e. The van der Waals surface area contributed by atoms with Gasteiger partial charge >= 0.3 is 5.97 Å². The van der Waals surface area contributed by atoms with Gasteiger partial charge in [0.05, 0.1) is 18.7 Å². The third-order valence-corrected chi connectivity index (χ3v) is 2.82. The maximum absolute atomic E-state index is 10.8. The fourth-order valence-corrected chi connectivity index (χ4v) is 2.11. The predicted octanol–water partition coefficient (Wildman–Crippen LogP) is 1.89. The third kappa shape index (κ3) is 2.39. The molecular weight excluding hydrogens is 194 g/mol. The third-order valence-electron chi connectivity index (χ3n) is 2.82. The van der Waals surface area contributed by atoms with Crippen LogP contribution in [0.5, 0.6) is 0 Å². The monoisotopic (exact) mass is 209 g/mol. The second-order valence-corrected chi connectivity index (χ2v) is 3.87. The first kappa shape index (κ1) is 10.2. The highest BCUT2D eigenvalue weighted by molar-refractivity contribution is 5.67. The van der Waals surface area contributed by atoms with E-state index < -0.39 is 5.97 Å². The molecule has 1 aliphatic heterocycles. The summed E-state index contributed by atoms with van der Waals surface area (Å²) in [5, 5.41) is 8.87. The first-order chi connectivity index (χ1) is 7.27. The number of carboxylic acids is 1. The van der Waals surface area contributed by atoms with Gasteiger partial charge in [-0.05, 0) is 38.1 Å². The van der Waals surface area contributed by atoms with Crippen molar-refractivity contribution in [1.29, 1.82) is 0 Å². The van der Waals surface area contributed by atoms with Gasteiger partial charge in [0.25, 0.3) is 0 Å². The molecular formula is C11H15NO3.